The largest absolute Gasteiger partial charge is 0.463 e. The van der Waals surface area contributed by atoms with Crippen LogP contribution in [-0.4, -0.2) is 67.7 Å². The minimum Gasteiger partial charge on any atom is -0.463 e. The molecule has 0 aromatic rings. The van der Waals surface area contributed by atoms with Crippen LogP contribution in [0.25, 0.3) is 0 Å². The lowest BCUT2D eigenvalue weighted by Crippen LogP contribution is -2.51. The minimum atomic E-state index is -0.328. The average Bonchev–Trinajstić information content (AvgIpc) is 2.43. The van der Waals surface area contributed by atoms with Crippen molar-refractivity contribution in [3.63, 3.8) is 0 Å². The fourth-order valence-corrected chi connectivity index (χ4v) is 2.34. The van der Waals surface area contributed by atoms with Crippen molar-refractivity contribution >= 4 is 12.0 Å². The predicted octanol–water partition coefficient (Wildman–Crippen LogP) is 1.31. The number of piperidine rings is 1. The lowest BCUT2D eigenvalue weighted by atomic mass is 10.1. The molecule has 1 N–H and O–H groups in total. The molecule has 1 heterocycles. The zero-order chi connectivity index (χ0) is 16.0. The van der Waals surface area contributed by atoms with Crippen LogP contribution in [0.2, 0.25) is 0 Å². The van der Waals surface area contributed by atoms with Crippen LogP contribution in [0.1, 0.15) is 33.6 Å². The van der Waals surface area contributed by atoms with Gasteiger partial charge in [0, 0.05) is 25.7 Å². The van der Waals surface area contributed by atoms with E-state index in [9.17, 15) is 9.59 Å². The first-order valence-electron chi connectivity index (χ1n) is 7.71. The fourth-order valence-electron chi connectivity index (χ4n) is 2.34. The Hall–Kier alpha value is -1.30. The molecule has 6 heteroatoms. The van der Waals surface area contributed by atoms with Crippen LogP contribution in [0.4, 0.5) is 4.79 Å². The molecule has 0 aromatic carbocycles. The number of rotatable bonds is 5. The molecule has 1 fully saturated rings. The monoisotopic (exact) mass is 299 g/mol. The molecule has 1 saturated heterocycles. The van der Waals surface area contributed by atoms with E-state index in [1.807, 2.05) is 32.8 Å². The van der Waals surface area contributed by atoms with Gasteiger partial charge in [-0.25, -0.2) is 4.79 Å². The van der Waals surface area contributed by atoms with Crippen LogP contribution in [-0.2, 0) is 9.53 Å². The first-order chi connectivity index (χ1) is 9.81. The van der Waals surface area contributed by atoms with Gasteiger partial charge in [-0.15, -0.1) is 0 Å². The van der Waals surface area contributed by atoms with Crippen molar-refractivity contribution < 1.29 is 14.3 Å². The minimum absolute atomic E-state index is 0.0919. The Morgan fingerprint density at radius 3 is 2.57 bits per heavy atom. The number of likely N-dealkylation sites (tertiary alicyclic amines) is 1. The van der Waals surface area contributed by atoms with E-state index in [4.69, 9.17) is 4.74 Å². The van der Waals surface area contributed by atoms with E-state index >= 15 is 0 Å². The zero-order valence-electron chi connectivity index (χ0n) is 13.9. The molecule has 0 unspecified atom stereocenters. The summed E-state index contributed by atoms with van der Waals surface area (Å²) in [7, 11) is 4.08. The van der Waals surface area contributed by atoms with E-state index in [1.54, 1.807) is 6.92 Å². The van der Waals surface area contributed by atoms with Crippen molar-refractivity contribution in [1.29, 1.82) is 0 Å². The molecule has 2 atom stereocenters. The SMILES string of the molecule is CC(C)OC(=O)[C@@H](C)CNC(=O)N1CCC[C@@H](N(C)C)C1. The van der Waals surface area contributed by atoms with Crippen molar-refractivity contribution in [3.05, 3.63) is 0 Å². The number of likely N-dealkylation sites (N-methyl/N-ethyl adjacent to an activating group) is 1. The molecular formula is C15H29N3O3. The third kappa shape index (κ3) is 5.91. The van der Waals surface area contributed by atoms with Crippen molar-refractivity contribution in [2.45, 2.75) is 45.8 Å². The summed E-state index contributed by atoms with van der Waals surface area (Å²) in [5, 5.41) is 2.83. The van der Waals surface area contributed by atoms with Crippen LogP contribution in [0.3, 0.4) is 0 Å². The smallest absolute Gasteiger partial charge is 0.317 e. The third-order valence-corrected chi connectivity index (χ3v) is 3.73. The van der Waals surface area contributed by atoms with E-state index < -0.39 is 0 Å². The third-order valence-electron chi connectivity index (χ3n) is 3.73. The Morgan fingerprint density at radius 2 is 2.00 bits per heavy atom. The Bertz CT molecular complexity index is 358. The van der Waals surface area contributed by atoms with Crippen LogP contribution in [0.5, 0.6) is 0 Å². The van der Waals surface area contributed by atoms with E-state index in [0.717, 1.165) is 25.9 Å². The van der Waals surface area contributed by atoms with Gasteiger partial charge in [-0.1, -0.05) is 6.92 Å². The van der Waals surface area contributed by atoms with Gasteiger partial charge < -0.3 is 19.9 Å². The average molecular weight is 299 g/mol. The highest BCUT2D eigenvalue weighted by molar-refractivity contribution is 5.76. The zero-order valence-corrected chi connectivity index (χ0v) is 13.9. The lowest BCUT2D eigenvalue weighted by molar-refractivity contribution is -0.151. The molecular weight excluding hydrogens is 270 g/mol. The number of esters is 1. The van der Waals surface area contributed by atoms with Gasteiger partial charge in [-0.2, -0.15) is 0 Å². The molecule has 21 heavy (non-hydrogen) atoms. The second-order valence-electron chi connectivity index (χ2n) is 6.28. The second-order valence-corrected chi connectivity index (χ2v) is 6.28. The molecule has 2 amide bonds. The summed E-state index contributed by atoms with van der Waals surface area (Å²) in [5.41, 5.74) is 0. The van der Waals surface area contributed by atoms with Gasteiger partial charge in [-0.05, 0) is 40.8 Å². The van der Waals surface area contributed by atoms with Crippen molar-refractivity contribution in [2.75, 3.05) is 33.7 Å². The number of urea groups is 1. The standard InChI is InChI=1S/C15H29N3O3/c1-11(2)21-14(19)12(3)9-16-15(20)18-8-6-7-13(10-18)17(4)5/h11-13H,6-10H2,1-5H3,(H,16,20)/t12-,13+/m0/s1. The van der Waals surface area contributed by atoms with Crippen molar-refractivity contribution in [1.82, 2.24) is 15.1 Å². The Kier molecular flexibility index (Phi) is 6.95. The van der Waals surface area contributed by atoms with E-state index in [2.05, 4.69) is 10.2 Å². The quantitative estimate of drug-likeness (QED) is 0.778. The van der Waals surface area contributed by atoms with E-state index in [0.29, 0.717) is 12.6 Å². The number of nitrogens with zero attached hydrogens (tertiary/aromatic N) is 2. The van der Waals surface area contributed by atoms with Crippen molar-refractivity contribution in [3.8, 4) is 0 Å². The summed E-state index contributed by atoms with van der Waals surface area (Å²) in [4.78, 5) is 27.8. The molecule has 1 aliphatic rings. The molecule has 1 rings (SSSR count). The highest BCUT2D eigenvalue weighted by atomic mass is 16.5. The number of carbonyl (C=O) groups is 2. The van der Waals surface area contributed by atoms with Gasteiger partial charge in [0.25, 0.3) is 0 Å². The van der Waals surface area contributed by atoms with Crippen molar-refractivity contribution in [2.24, 2.45) is 5.92 Å². The van der Waals surface area contributed by atoms with Gasteiger partial charge in [-0.3, -0.25) is 4.79 Å². The Labute approximate surface area is 127 Å². The second kappa shape index (κ2) is 8.22. The molecule has 122 valence electrons. The number of hydrogen-bond acceptors (Lipinski definition) is 4. The van der Waals surface area contributed by atoms with Gasteiger partial charge in [0.2, 0.25) is 0 Å². The summed E-state index contributed by atoms with van der Waals surface area (Å²) in [6.45, 7) is 7.23. The highest BCUT2D eigenvalue weighted by Gasteiger charge is 2.25. The maximum absolute atomic E-state index is 12.2. The molecule has 0 spiro atoms. The Balaban J connectivity index is 2.37. The summed E-state index contributed by atoms with van der Waals surface area (Å²) >= 11 is 0. The first-order valence-corrected chi connectivity index (χ1v) is 7.71. The van der Waals surface area contributed by atoms with Crippen LogP contribution in [0, 0.1) is 5.92 Å². The van der Waals surface area contributed by atoms with Gasteiger partial charge in [0.1, 0.15) is 0 Å². The number of hydrogen-bond donors (Lipinski definition) is 1. The molecule has 0 aliphatic carbocycles. The molecule has 0 radical (unpaired) electrons. The van der Waals surface area contributed by atoms with Crippen LogP contribution < -0.4 is 5.32 Å². The van der Waals surface area contributed by atoms with Crippen LogP contribution >= 0.6 is 0 Å². The number of amides is 2. The summed E-state index contributed by atoms with van der Waals surface area (Å²) in [5.74, 6) is -0.596. The lowest BCUT2D eigenvalue weighted by Gasteiger charge is -2.36. The number of carbonyl (C=O) groups excluding carboxylic acids is 2. The molecule has 0 saturated carbocycles. The maximum Gasteiger partial charge on any atom is 0.317 e. The first kappa shape index (κ1) is 17.8. The fraction of sp³-hybridized carbons (Fsp3) is 0.867. The molecule has 6 nitrogen and oxygen atoms in total. The normalized spacial score (nSPS) is 20.5. The summed E-state index contributed by atoms with van der Waals surface area (Å²) < 4.78 is 5.13. The maximum atomic E-state index is 12.2. The number of nitrogens with one attached hydrogen (secondary N) is 1. The van der Waals surface area contributed by atoms with E-state index in [1.165, 1.54) is 0 Å². The highest BCUT2D eigenvalue weighted by Crippen LogP contribution is 2.13. The summed E-state index contributed by atoms with van der Waals surface area (Å²) in [6.07, 6.45) is 2.01. The van der Waals surface area contributed by atoms with Gasteiger partial charge in [0.05, 0.1) is 12.0 Å². The Morgan fingerprint density at radius 1 is 1.33 bits per heavy atom. The topological polar surface area (TPSA) is 61.9 Å². The van der Waals surface area contributed by atoms with Crippen LogP contribution in [0.15, 0.2) is 0 Å². The molecule has 1 aliphatic heterocycles. The summed E-state index contributed by atoms with van der Waals surface area (Å²) in [6, 6.07) is 0.318. The molecule has 0 aromatic heterocycles. The van der Waals surface area contributed by atoms with E-state index in [-0.39, 0.29) is 24.0 Å². The number of ether oxygens (including phenoxy) is 1. The predicted molar refractivity (Wildman–Crippen MR) is 82.1 cm³/mol. The molecule has 0 bridgehead atoms. The van der Waals surface area contributed by atoms with Gasteiger partial charge in [0.15, 0.2) is 0 Å². The van der Waals surface area contributed by atoms with Gasteiger partial charge >= 0.3 is 12.0 Å².